The van der Waals surface area contributed by atoms with Gasteiger partial charge in [0.1, 0.15) is 0 Å². The van der Waals surface area contributed by atoms with E-state index in [-0.39, 0.29) is 22.8 Å². The Morgan fingerprint density at radius 2 is 1.67 bits per heavy atom. The van der Waals surface area contributed by atoms with E-state index in [9.17, 15) is 18.8 Å². The fourth-order valence-electron chi connectivity index (χ4n) is 2.45. The van der Waals surface area contributed by atoms with Crippen LogP contribution < -0.4 is 20.9 Å². The molecule has 1 heterocycles. The number of ether oxygens (including phenoxy) is 1. The third-order valence-electron chi connectivity index (χ3n) is 3.97. The summed E-state index contributed by atoms with van der Waals surface area (Å²) < 4.78 is 23.9. The molecule has 0 saturated carbocycles. The van der Waals surface area contributed by atoms with Crippen molar-refractivity contribution in [3.63, 3.8) is 0 Å². The first-order valence-corrected chi connectivity index (χ1v) is 8.91. The van der Waals surface area contributed by atoms with Gasteiger partial charge < -0.3 is 14.5 Å². The molecule has 154 valence electrons. The number of rotatable bonds is 6. The van der Waals surface area contributed by atoms with E-state index in [0.717, 1.165) is 0 Å². The minimum atomic E-state index is -1.07. The van der Waals surface area contributed by atoms with Gasteiger partial charge >= 0.3 is 0 Å². The van der Waals surface area contributed by atoms with Crippen LogP contribution in [0, 0.1) is 5.82 Å². The van der Waals surface area contributed by atoms with Crippen LogP contribution in [0.25, 0.3) is 0 Å². The molecule has 0 fully saturated rings. The highest BCUT2D eigenvalue weighted by Gasteiger charge is 2.19. The SMILES string of the molecule is CC(Oc1ccccc1F)C(=O)NNC(=O)c1ccccc1NC(=O)c1ccco1. The average Bonchev–Trinajstić information content (AvgIpc) is 3.29. The number of carbonyl (C=O) groups is 3. The van der Waals surface area contributed by atoms with Crippen LogP contribution in [0.1, 0.15) is 27.8 Å². The van der Waals surface area contributed by atoms with Crippen molar-refractivity contribution >= 4 is 23.4 Å². The molecule has 3 N–H and O–H groups in total. The van der Waals surface area contributed by atoms with Gasteiger partial charge in [0.2, 0.25) is 0 Å². The zero-order valence-corrected chi connectivity index (χ0v) is 15.8. The van der Waals surface area contributed by atoms with E-state index in [2.05, 4.69) is 16.2 Å². The maximum absolute atomic E-state index is 13.6. The van der Waals surface area contributed by atoms with E-state index in [1.807, 2.05) is 0 Å². The zero-order chi connectivity index (χ0) is 21.5. The second-order valence-electron chi connectivity index (χ2n) is 6.11. The Bertz CT molecular complexity index is 1050. The van der Waals surface area contributed by atoms with Crippen LogP contribution in [-0.2, 0) is 4.79 Å². The van der Waals surface area contributed by atoms with Crippen LogP contribution in [0.2, 0.25) is 0 Å². The predicted molar refractivity (Wildman–Crippen MR) is 105 cm³/mol. The van der Waals surface area contributed by atoms with E-state index >= 15 is 0 Å². The standard InChI is InChI=1S/C21H18FN3O5/c1-13(30-17-10-5-3-8-15(17)22)19(26)24-25-20(27)14-7-2-4-9-16(14)23-21(28)18-11-6-12-29-18/h2-13H,1H3,(H,23,28)(H,24,26)(H,25,27). The lowest BCUT2D eigenvalue weighted by Gasteiger charge is -2.16. The van der Waals surface area contributed by atoms with Gasteiger partial charge in [-0.15, -0.1) is 0 Å². The lowest BCUT2D eigenvalue weighted by molar-refractivity contribution is -0.128. The number of anilines is 1. The van der Waals surface area contributed by atoms with Crippen LogP contribution in [0.4, 0.5) is 10.1 Å². The number of halogens is 1. The number of amides is 3. The van der Waals surface area contributed by atoms with Crippen molar-refractivity contribution in [2.45, 2.75) is 13.0 Å². The number of benzene rings is 2. The van der Waals surface area contributed by atoms with E-state index in [1.165, 1.54) is 49.6 Å². The zero-order valence-electron chi connectivity index (χ0n) is 15.8. The van der Waals surface area contributed by atoms with E-state index in [4.69, 9.17) is 9.15 Å². The summed E-state index contributed by atoms with van der Waals surface area (Å²) in [7, 11) is 0. The smallest absolute Gasteiger partial charge is 0.291 e. The molecular formula is C21H18FN3O5. The quantitative estimate of drug-likeness (QED) is 0.541. The fraction of sp³-hybridized carbons (Fsp3) is 0.0952. The Labute approximate surface area is 171 Å². The van der Waals surface area contributed by atoms with Crippen LogP contribution in [0.5, 0.6) is 5.75 Å². The van der Waals surface area contributed by atoms with Crippen molar-refractivity contribution in [1.29, 1.82) is 0 Å². The Hall–Kier alpha value is -4.14. The van der Waals surface area contributed by atoms with Gasteiger partial charge in [-0.05, 0) is 43.3 Å². The van der Waals surface area contributed by atoms with Crippen molar-refractivity contribution in [3.8, 4) is 5.75 Å². The van der Waals surface area contributed by atoms with E-state index in [0.29, 0.717) is 0 Å². The van der Waals surface area contributed by atoms with Gasteiger partial charge in [-0.3, -0.25) is 25.2 Å². The first-order valence-electron chi connectivity index (χ1n) is 8.91. The Morgan fingerprint density at radius 1 is 0.933 bits per heavy atom. The molecule has 0 aliphatic heterocycles. The molecule has 0 bridgehead atoms. The Balaban J connectivity index is 1.60. The van der Waals surface area contributed by atoms with E-state index < -0.39 is 29.6 Å². The maximum Gasteiger partial charge on any atom is 0.291 e. The molecule has 2 aromatic carbocycles. The number of para-hydroxylation sites is 2. The maximum atomic E-state index is 13.6. The van der Waals surface area contributed by atoms with Gasteiger partial charge in [0.15, 0.2) is 23.4 Å². The fourth-order valence-corrected chi connectivity index (χ4v) is 2.45. The molecule has 30 heavy (non-hydrogen) atoms. The monoisotopic (exact) mass is 411 g/mol. The summed E-state index contributed by atoms with van der Waals surface area (Å²) in [5.41, 5.74) is 4.79. The third kappa shape index (κ3) is 5.02. The molecular weight excluding hydrogens is 393 g/mol. The normalized spacial score (nSPS) is 11.3. The first-order chi connectivity index (χ1) is 14.5. The lowest BCUT2D eigenvalue weighted by atomic mass is 10.1. The summed E-state index contributed by atoms with van der Waals surface area (Å²) in [6, 6.07) is 14.9. The highest BCUT2D eigenvalue weighted by molar-refractivity contribution is 6.08. The minimum absolute atomic E-state index is 0.0811. The van der Waals surface area contributed by atoms with Gasteiger partial charge in [0.25, 0.3) is 17.7 Å². The minimum Gasteiger partial charge on any atom is -0.478 e. The molecule has 9 heteroatoms. The molecule has 1 unspecified atom stereocenters. The van der Waals surface area contributed by atoms with Gasteiger partial charge in [-0.25, -0.2) is 4.39 Å². The molecule has 3 rings (SSSR count). The van der Waals surface area contributed by atoms with Crippen molar-refractivity contribution in [3.05, 3.63) is 84.1 Å². The predicted octanol–water partition coefficient (Wildman–Crippen LogP) is 2.90. The number of hydrogen-bond acceptors (Lipinski definition) is 5. The Kier molecular flexibility index (Phi) is 6.43. The molecule has 0 saturated heterocycles. The summed E-state index contributed by atoms with van der Waals surface area (Å²) in [5.74, 6) is -2.51. The molecule has 1 aromatic heterocycles. The van der Waals surface area contributed by atoms with Gasteiger partial charge in [-0.2, -0.15) is 0 Å². The van der Waals surface area contributed by atoms with Crippen molar-refractivity contribution in [2.24, 2.45) is 0 Å². The van der Waals surface area contributed by atoms with Gasteiger partial charge in [0, 0.05) is 0 Å². The van der Waals surface area contributed by atoms with Crippen molar-refractivity contribution in [1.82, 2.24) is 10.9 Å². The number of carbonyl (C=O) groups excluding carboxylic acids is 3. The highest BCUT2D eigenvalue weighted by atomic mass is 19.1. The molecule has 0 radical (unpaired) electrons. The third-order valence-corrected chi connectivity index (χ3v) is 3.97. The molecule has 1 atom stereocenters. The molecule has 3 aromatic rings. The second-order valence-corrected chi connectivity index (χ2v) is 6.11. The summed E-state index contributed by atoms with van der Waals surface area (Å²) in [5, 5.41) is 2.57. The van der Waals surface area contributed by atoms with Gasteiger partial charge in [0.05, 0.1) is 17.5 Å². The number of furan rings is 1. The molecule has 0 aliphatic rings. The van der Waals surface area contributed by atoms with E-state index in [1.54, 1.807) is 24.3 Å². The summed E-state index contributed by atoms with van der Waals surface area (Å²) in [4.78, 5) is 36.8. The molecule has 0 aliphatic carbocycles. The second kappa shape index (κ2) is 9.37. The topological polar surface area (TPSA) is 110 Å². The number of hydrogen-bond donors (Lipinski definition) is 3. The van der Waals surface area contributed by atoms with Crippen LogP contribution in [-0.4, -0.2) is 23.8 Å². The van der Waals surface area contributed by atoms with Crippen molar-refractivity contribution in [2.75, 3.05) is 5.32 Å². The summed E-state index contributed by atoms with van der Waals surface area (Å²) >= 11 is 0. The van der Waals surface area contributed by atoms with Gasteiger partial charge in [-0.1, -0.05) is 24.3 Å². The summed E-state index contributed by atoms with van der Waals surface area (Å²) in [6.07, 6.45) is 0.282. The van der Waals surface area contributed by atoms with Crippen molar-refractivity contribution < 1.29 is 27.9 Å². The highest BCUT2D eigenvalue weighted by Crippen LogP contribution is 2.18. The number of nitrogens with one attached hydrogen (secondary N) is 3. The first kappa shape index (κ1) is 20.6. The largest absolute Gasteiger partial charge is 0.478 e. The number of hydrazine groups is 1. The molecule has 3 amide bonds. The Morgan fingerprint density at radius 3 is 2.40 bits per heavy atom. The molecule has 8 nitrogen and oxygen atoms in total. The van der Waals surface area contributed by atoms with Crippen LogP contribution in [0.3, 0.4) is 0 Å². The average molecular weight is 411 g/mol. The van der Waals surface area contributed by atoms with Crippen LogP contribution >= 0.6 is 0 Å². The lowest BCUT2D eigenvalue weighted by Crippen LogP contribution is -2.47. The molecule has 0 spiro atoms. The summed E-state index contributed by atoms with van der Waals surface area (Å²) in [6.45, 7) is 1.41. The van der Waals surface area contributed by atoms with Crippen LogP contribution in [0.15, 0.2) is 71.3 Å².